The number of nitrogens with zero attached hydrogens (tertiary/aromatic N) is 5. The summed E-state index contributed by atoms with van der Waals surface area (Å²) in [6.45, 7) is 61.8. The van der Waals surface area contributed by atoms with Gasteiger partial charge in [-0.3, -0.25) is 24.3 Å². The topological polar surface area (TPSA) is 50.3 Å². The highest BCUT2D eigenvalue weighted by atomic mass is 32.2. The van der Waals surface area contributed by atoms with Crippen molar-refractivity contribution < 1.29 is 9.59 Å². The second-order valence-corrected chi connectivity index (χ2v) is 19.8. The predicted octanol–water partition coefficient (Wildman–Crippen LogP) is 14.1. The summed E-state index contributed by atoms with van der Waals surface area (Å²) in [5, 5.41) is 0. The molecule has 5 saturated heterocycles. The molecule has 0 saturated carbocycles. The highest BCUT2D eigenvalue weighted by Crippen LogP contribution is 2.24. The Bertz CT molecular complexity index is 871. The molecule has 0 aromatic rings. The number of rotatable bonds is 0. The Morgan fingerprint density at radius 3 is 0.793 bits per heavy atom. The van der Waals surface area contributed by atoms with Crippen LogP contribution in [0.3, 0.4) is 0 Å². The van der Waals surface area contributed by atoms with Gasteiger partial charge in [0.1, 0.15) is 0 Å². The second-order valence-electron chi connectivity index (χ2n) is 18.9. The molecule has 7 nitrogen and oxygen atoms in total. The Morgan fingerprint density at radius 1 is 0.362 bits per heavy atom. The minimum atomic E-state index is 0. The number of hydrogen-bond acceptors (Lipinski definition) is 6. The van der Waals surface area contributed by atoms with E-state index in [1.807, 2.05) is 79.0 Å². The average Bonchev–Trinajstić information content (AvgIpc) is 3.92. The second kappa shape index (κ2) is 36.8. The fraction of sp³-hybridized carbons (Fsp3) is 0.960. The molecule has 5 fully saturated rings. The van der Waals surface area contributed by atoms with Crippen LogP contribution in [0.2, 0.25) is 0 Å². The van der Waals surface area contributed by atoms with Gasteiger partial charge in [-0.15, -0.1) is 11.8 Å². The van der Waals surface area contributed by atoms with Gasteiger partial charge in [-0.2, -0.15) is 0 Å². The lowest BCUT2D eigenvalue weighted by Gasteiger charge is -2.42. The summed E-state index contributed by atoms with van der Waals surface area (Å²) in [6.07, 6.45) is 10.2. The molecule has 8 heteroatoms. The number of likely N-dealkylation sites (tertiary alicyclic amines) is 4. The molecule has 5 heterocycles. The number of carbonyl (C=O) groups is 2. The third kappa shape index (κ3) is 32.9. The summed E-state index contributed by atoms with van der Waals surface area (Å²) in [5.41, 5.74) is 1.29. The minimum absolute atomic E-state index is 0. The molecule has 5 aliphatic rings. The molecule has 0 unspecified atom stereocenters. The van der Waals surface area contributed by atoms with E-state index in [-0.39, 0.29) is 24.4 Å². The maximum Gasteiger partial charge on any atom is 0.233 e. The summed E-state index contributed by atoms with van der Waals surface area (Å²) >= 11 is 1.69. The molecule has 5 rings (SSSR count). The first-order valence-electron chi connectivity index (χ1n) is 23.8. The fourth-order valence-electron chi connectivity index (χ4n) is 6.24. The van der Waals surface area contributed by atoms with Crippen molar-refractivity contribution in [1.29, 1.82) is 0 Å². The van der Waals surface area contributed by atoms with E-state index < -0.39 is 0 Å². The van der Waals surface area contributed by atoms with Gasteiger partial charge in [0, 0.05) is 40.7 Å². The first kappa shape index (κ1) is 68.9. The lowest BCUT2D eigenvalue weighted by atomic mass is 10.0. The van der Waals surface area contributed by atoms with Gasteiger partial charge in [-0.05, 0) is 182 Å². The van der Waals surface area contributed by atoms with Gasteiger partial charge in [-0.1, -0.05) is 83.1 Å². The third-order valence-corrected chi connectivity index (χ3v) is 10.5. The van der Waals surface area contributed by atoms with Gasteiger partial charge in [0.2, 0.25) is 11.8 Å². The average molecular weight is 849 g/mol. The van der Waals surface area contributed by atoms with Crippen molar-refractivity contribution >= 4 is 23.6 Å². The van der Waals surface area contributed by atoms with E-state index in [1.54, 1.807) is 11.8 Å². The lowest BCUT2D eigenvalue weighted by Crippen LogP contribution is -2.49. The Labute approximate surface area is 373 Å². The van der Waals surface area contributed by atoms with Gasteiger partial charge >= 0.3 is 0 Å². The Morgan fingerprint density at radius 2 is 0.655 bits per heavy atom. The van der Waals surface area contributed by atoms with E-state index in [0.717, 1.165) is 25.3 Å². The van der Waals surface area contributed by atoms with Crippen LogP contribution in [0.1, 0.15) is 232 Å². The lowest BCUT2D eigenvalue weighted by molar-refractivity contribution is -0.132. The van der Waals surface area contributed by atoms with Gasteiger partial charge in [-0.25, -0.2) is 0 Å². The van der Waals surface area contributed by atoms with Gasteiger partial charge in [0.25, 0.3) is 0 Å². The zero-order valence-electron chi connectivity index (χ0n) is 44.0. The molecule has 0 aromatic carbocycles. The van der Waals surface area contributed by atoms with Crippen molar-refractivity contribution in [2.45, 2.75) is 260 Å². The van der Waals surface area contributed by atoms with Crippen molar-refractivity contribution in [1.82, 2.24) is 24.5 Å². The molecule has 5 aliphatic heterocycles. The van der Waals surface area contributed by atoms with Crippen LogP contribution in [0.25, 0.3) is 0 Å². The number of carbonyl (C=O) groups excluding carboxylic acids is 2. The Balaban J connectivity index is -0.000000138. The highest BCUT2D eigenvalue weighted by molar-refractivity contribution is 8.00. The first-order valence-corrected chi connectivity index (χ1v) is 24.9. The van der Waals surface area contributed by atoms with Crippen LogP contribution in [0.5, 0.6) is 0 Å². The van der Waals surface area contributed by atoms with Crippen LogP contribution in [-0.4, -0.2) is 121 Å². The molecule has 356 valence electrons. The molecule has 0 radical (unpaired) electrons. The van der Waals surface area contributed by atoms with Crippen molar-refractivity contribution in [2.24, 2.45) is 0 Å². The summed E-state index contributed by atoms with van der Waals surface area (Å²) in [6, 6.07) is 0. The SMILES string of the molecule is C.CC.CC.CC.CC.CC.CC(C)(C)N1CCC1.CC(C)(C)N1CCCC1.CC(C)(C)N1CCCC1=O.CC(C)(C)N1CCCCC1.CC(C)(C)N1CSCC1=O. The van der Waals surface area contributed by atoms with E-state index in [4.69, 9.17) is 0 Å². The van der Waals surface area contributed by atoms with E-state index in [0.29, 0.717) is 28.3 Å². The molecule has 0 aliphatic carbocycles. The molecule has 58 heavy (non-hydrogen) atoms. The maximum atomic E-state index is 11.1. The maximum absolute atomic E-state index is 11.1. The quantitative estimate of drug-likeness (QED) is 0.242. The normalized spacial score (nSPS) is 18.2. The Kier molecular flexibility index (Phi) is 43.7. The molecular weight excluding hydrogens is 735 g/mol. The van der Waals surface area contributed by atoms with Gasteiger partial charge in [0.05, 0.1) is 11.6 Å². The third-order valence-electron chi connectivity index (χ3n) is 9.60. The number of hydrogen-bond donors (Lipinski definition) is 0. The summed E-state index contributed by atoms with van der Waals surface area (Å²) in [4.78, 5) is 33.8. The van der Waals surface area contributed by atoms with Crippen molar-refractivity contribution in [2.75, 3.05) is 57.4 Å². The molecular formula is C50H113N5O2S. The molecule has 0 atom stereocenters. The summed E-state index contributed by atoms with van der Waals surface area (Å²) in [7, 11) is 0. The fourth-order valence-corrected chi connectivity index (χ4v) is 7.37. The van der Waals surface area contributed by atoms with Gasteiger partial charge in [0.15, 0.2) is 0 Å². The highest BCUT2D eigenvalue weighted by Gasteiger charge is 2.31. The van der Waals surface area contributed by atoms with E-state index in [1.165, 1.54) is 77.8 Å². The first-order chi connectivity index (χ1) is 26.3. The van der Waals surface area contributed by atoms with Crippen LogP contribution in [-0.2, 0) is 9.59 Å². The summed E-state index contributed by atoms with van der Waals surface area (Å²) in [5.74, 6) is 2.12. The molecule has 0 bridgehead atoms. The van der Waals surface area contributed by atoms with Crippen molar-refractivity contribution in [3.63, 3.8) is 0 Å². The smallest absolute Gasteiger partial charge is 0.233 e. The van der Waals surface area contributed by atoms with E-state index >= 15 is 0 Å². The van der Waals surface area contributed by atoms with E-state index in [9.17, 15) is 9.59 Å². The Hall–Kier alpha value is -0.830. The van der Waals surface area contributed by atoms with Crippen molar-refractivity contribution in [3.8, 4) is 0 Å². The molecule has 0 spiro atoms. The largest absolute Gasteiger partial charge is 0.338 e. The van der Waals surface area contributed by atoms with Crippen LogP contribution in [0.4, 0.5) is 0 Å². The number of thioether (sulfide) groups is 1. The molecule has 0 N–H and O–H groups in total. The van der Waals surface area contributed by atoms with Gasteiger partial charge < -0.3 is 9.80 Å². The zero-order chi connectivity index (χ0) is 46.3. The van der Waals surface area contributed by atoms with Crippen LogP contribution in [0.15, 0.2) is 0 Å². The summed E-state index contributed by atoms with van der Waals surface area (Å²) < 4.78 is 0. The number of amides is 2. The molecule has 2 amide bonds. The predicted molar refractivity (Wildman–Crippen MR) is 270 cm³/mol. The molecule has 0 aromatic heterocycles. The number of piperidine rings is 1. The standard InChI is InChI=1S/C9H19N.C8H15NO.C8H17N.C7H13NOS.C7H15N.5C2H6.CH4/c1-9(2,3)10-7-5-4-6-8-10;1-8(2,3)9-6-4-5-7(9)10;1-8(2,3)9-6-4-5-7-9;1-7(2,3)8-5-10-4-6(8)9;1-7(2,3)8-5-4-6-8;5*1-2;/h4-8H2,1-3H3;4-6H2,1-3H3;4-7H2,1-3H3;4-5H2,1-3H3;4-6H2,1-3H3;5*1-2H3;1H4. The van der Waals surface area contributed by atoms with Crippen LogP contribution < -0.4 is 0 Å². The van der Waals surface area contributed by atoms with Crippen molar-refractivity contribution in [3.05, 3.63) is 0 Å². The zero-order valence-corrected chi connectivity index (χ0v) is 44.8. The van der Waals surface area contributed by atoms with Crippen LogP contribution in [0, 0.1) is 0 Å². The van der Waals surface area contributed by atoms with E-state index in [2.05, 4.69) is 119 Å². The monoisotopic (exact) mass is 848 g/mol. The minimum Gasteiger partial charge on any atom is -0.338 e. The van der Waals surface area contributed by atoms with Crippen LogP contribution >= 0.6 is 11.8 Å².